The molecule has 5 nitrogen and oxygen atoms in total. The van der Waals surface area contributed by atoms with E-state index in [0.29, 0.717) is 20.6 Å². The number of hydrogen-bond acceptors (Lipinski definition) is 5. The monoisotopic (exact) mass is 530 g/mol. The quantitative estimate of drug-likeness (QED) is 0.384. The molecule has 7 heteroatoms. The van der Waals surface area contributed by atoms with Gasteiger partial charge in [0, 0.05) is 3.57 Å². The van der Waals surface area contributed by atoms with E-state index in [-0.39, 0.29) is 12.2 Å². The number of thiazole rings is 1. The van der Waals surface area contributed by atoms with Gasteiger partial charge in [-0.1, -0.05) is 53.8 Å². The number of nitrogens with zero attached hydrogens (tertiary/aromatic N) is 2. The minimum atomic E-state index is -0.569. The van der Waals surface area contributed by atoms with E-state index in [1.165, 1.54) is 11.3 Å². The number of allylic oxidation sites excluding steroid dienone is 1. The average Bonchev–Trinajstić information content (AvgIpc) is 3.04. The third-order valence-corrected chi connectivity index (χ3v) is 6.50. The number of esters is 1. The minimum Gasteiger partial charge on any atom is -0.463 e. The van der Waals surface area contributed by atoms with Gasteiger partial charge in [-0.15, -0.1) is 0 Å². The molecule has 1 aromatic heterocycles. The number of carbonyl (C=O) groups excluding carboxylic acids is 1. The first-order valence-electron chi connectivity index (χ1n) is 9.49. The fraction of sp³-hybridized carbons (Fsp3) is 0.174. The molecule has 0 radical (unpaired) electrons. The van der Waals surface area contributed by atoms with E-state index >= 15 is 0 Å². The summed E-state index contributed by atoms with van der Waals surface area (Å²) in [4.78, 5) is 31.4. The van der Waals surface area contributed by atoms with Crippen LogP contribution in [0.25, 0.3) is 6.08 Å². The van der Waals surface area contributed by atoms with Crippen molar-refractivity contribution in [1.29, 1.82) is 0 Å². The molecule has 1 aliphatic rings. The molecule has 3 aromatic rings. The second kappa shape index (κ2) is 8.69. The van der Waals surface area contributed by atoms with Crippen LogP contribution in [0.1, 0.15) is 31.0 Å². The highest BCUT2D eigenvalue weighted by Crippen LogP contribution is 2.30. The molecular weight excluding hydrogens is 511 g/mol. The fourth-order valence-corrected chi connectivity index (χ4v) is 4.86. The van der Waals surface area contributed by atoms with Crippen molar-refractivity contribution in [1.82, 2.24) is 4.57 Å². The van der Waals surface area contributed by atoms with Crippen LogP contribution in [0.5, 0.6) is 0 Å². The lowest BCUT2D eigenvalue weighted by Gasteiger charge is -2.24. The van der Waals surface area contributed by atoms with Crippen molar-refractivity contribution in [2.24, 2.45) is 4.99 Å². The summed E-state index contributed by atoms with van der Waals surface area (Å²) in [6, 6.07) is 16.9. The summed E-state index contributed by atoms with van der Waals surface area (Å²) in [6.07, 6.45) is 1.87. The summed E-state index contributed by atoms with van der Waals surface area (Å²) in [5, 5.41) is 0. The molecule has 0 bridgehead atoms. The van der Waals surface area contributed by atoms with Crippen molar-refractivity contribution in [2.45, 2.75) is 19.9 Å². The van der Waals surface area contributed by atoms with Gasteiger partial charge in [0.1, 0.15) is 0 Å². The predicted molar refractivity (Wildman–Crippen MR) is 126 cm³/mol. The first-order valence-corrected chi connectivity index (χ1v) is 11.4. The summed E-state index contributed by atoms with van der Waals surface area (Å²) in [7, 11) is 0. The molecule has 0 amide bonds. The number of rotatable bonds is 4. The van der Waals surface area contributed by atoms with Crippen molar-refractivity contribution < 1.29 is 9.53 Å². The van der Waals surface area contributed by atoms with E-state index in [0.717, 1.165) is 14.7 Å². The summed E-state index contributed by atoms with van der Waals surface area (Å²) in [6.45, 7) is 3.81. The van der Waals surface area contributed by atoms with E-state index in [1.807, 2.05) is 60.7 Å². The van der Waals surface area contributed by atoms with Crippen molar-refractivity contribution in [2.75, 3.05) is 6.61 Å². The summed E-state index contributed by atoms with van der Waals surface area (Å²) in [5.74, 6) is -0.445. The molecule has 0 N–H and O–H groups in total. The van der Waals surface area contributed by atoms with Crippen LogP contribution in [0.3, 0.4) is 0 Å². The summed E-state index contributed by atoms with van der Waals surface area (Å²) in [5.41, 5.74) is 2.59. The van der Waals surface area contributed by atoms with Gasteiger partial charge in [-0.25, -0.2) is 9.79 Å². The number of benzene rings is 2. The van der Waals surface area contributed by atoms with Gasteiger partial charge in [-0.2, -0.15) is 0 Å². The highest BCUT2D eigenvalue weighted by atomic mass is 127. The second-order valence-electron chi connectivity index (χ2n) is 6.76. The van der Waals surface area contributed by atoms with Gasteiger partial charge >= 0.3 is 5.97 Å². The van der Waals surface area contributed by atoms with Crippen LogP contribution in [-0.2, 0) is 9.53 Å². The highest BCUT2D eigenvalue weighted by Gasteiger charge is 2.33. The number of hydrogen-bond donors (Lipinski definition) is 0. The lowest BCUT2D eigenvalue weighted by molar-refractivity contribution is -0.139. The lowest BCUT2D eigenvalue weighted by atomic mass is 9.96. The molecule has 1 aliphatic heterocycles. The van der Waals surface area contributed by atoms with Crippen LogP contribution in [0, 0.1) is 3.57 Å². The molecule has 2 aromatic carbocycles. The molecule has 152 valence electrons. The smallest absolute Gasteiger partial charge is 0.338 e. The number of ether oxygens (including phenoxy) is 1. The summed E-state index contributed by atoms with van der Waals surface area (Å²) >= 11 is 3.58. The van der Waals surface area contributed by atoms with Crippen LogP contribution >= 0.6 is 33.9 Å². The Morgan fingerprint density at radius 2 is 1.90 bits per heavy atom. The normalized spacial score (nSPS) is 16.2. The van der Waals surface area contributed by atoms with Crippen molar-refractivity contribution in [3.05, 3.63) is 100 Å². The fourth-order valence-electron chi connectivity index (χ4n) is 3.45. The van der Waals surface area contributed by atoms with Crippen LogP contribution in [0.4, 0.5) is 0 Å². The van der Waals surface area contributed by atoms with Crippen LogP contribution in [-0.4, -0.2) is 17.1 Å². The number of halogens is 1. The van der Waals surface area contributed by atoms with Gasteiger partial charge in [0.2, 0.25) is 0 Å². The minimum absolute atomic E-state index is 0.166. The van der Waals surface area contributed by atoms with Gasteiger partial charge in [0.15, 0.2) is 4.80 Å². The third kappa shape index (κ3) is 3.91. The van der Waals surface area contributed by atoms with Crippen molar-refractivity contribution in [3.8, 4) is 0 Å². The lowest BCUT2D eigenvalue weighted by Crippen LogP contribution is -2.39. The molecule has 0 unspecified atom stereocenters. The molecule has 1 atom stereocenters. The number of fused-ring (bicyclic) bond motifs is 1. The highest BCUT2D eigenvalue weighted by molar-refractivity contribution is 14.1. The second-order valence-corrected chi connectivity index (χ2v) is 9.02. The van der Waals surface area contributed by atoms with E-state index in [9.17, 15) is 9.59 Å². The number of aromatic nitrogens is 1. The van der Waals surface area contributed by atoms with E-state index < -0.39 is 12.0 Å². The zero-order chi connectivity index (χ0) is 21.3. The van der Waals surface area contributed by atoms with Gasteiger partial charge in [-0.3, -0.25) is 9.36 Å². The Balaban J connectivity index is 1.94. The van der Waals surface area contributed by atoms with Crippen LogP contribution in [0.15, 0.2) is 75.7 Å². The zero-order valence-corrected chi connectivity index (χ0v) is 19.4. The topological polar surface area (TPSA) is 60.7 Å². The van der Waals surface area contributed by atoms with Crippen LogP contribution < -0.4 is 14.9 Å². The Morgan fingerprint density at radius 1 is 1.20 bits per heavy atom. The largest absolute Gasteiger partial charge is 0.463 e. The molecule has 0 saturated carbocycles. The van der Waals surface area contributed by atoms with Crippen molar-refractivity contribution in [3.63, 3.8) is 0 Å². The van der Waals surface area contributed by atoms with Crippen LogP contribution in [0.2, 0.25) is 0 Å². The Hall–Kier alpha value is -2.52. The van der Waals surface area contributed by atoms with E-state index in [1.54, 1.807) is 18.4 Å². The zero-order valence-electron chi connectivity index (χ0n) is 16.5. The molecular formula is C23H19IN2O3S. The maximum atomic E-state index is 13.4. The Morgan fingerprint density at radius 3 is 2.57 bits per heavy atom. The Kier molecular flexibility index (Phi) is 6.01. The molecule has 0 saturated heterocycles. The Bertz CT molecular complexity index is 1310. The van der Waals surface area contributed by atoms with E-state index in [4.69, 9.17) is 4.74 Å². The first kappa shape index (κ1) is 20.7. The summed E-state index contributed by atoms with van der Waals surface area (Å²) < 4.78 is 8.61. The van der Waals surface area contributed by atoms with Gasteiger partial charge in [-0.05, 0) is 65.8 Å². The third-order valence-electron chi connectivity index (χ3n) is 4.80. The average molecular weight is 530 g/mol. The Labute approximate surface area is 191 Å². The van der Waals surface area contributed by atoms with Crippen molar-refractivity contribution >= 4 is 46.0 Å². The van der Waals surface area contributed by atoms with Gasteiger partial charge < -0.3 is 4.74 Å². The maximum Gasteiger partial charge on any atom is 0.338 e. The standard InChI is InChI=1S/C23H19IN2O3S/c1-3-29-22(28)19-14(2)25-23-26(20(19)16-7-5-4-6-8-16)21(27)18(30-23)13-15-9-11-17(24)12-10-15/h4-13,20H,3H2,1-2H3/b18-13+/t20-/m1/s1. The number of carbonyl (C=O) groups is 1. The van der Waals surface area contributed by atoms with E-state index in [2.05, 4.69) is 27.6 Å². The van der Waals surface area contributed by atoms with Gasteiger partial charge in [0.05, 0.1) is 28.5 Å². The SMILES string of the molecule is CCOC(=O)C1=C(C)N=c2s/c(=C/c3ccc(I)cc3)c(=O)n2[C@@H]1c1ccccc1. The first-order chi connectivity index (χ1) is 14.5. The molecule has 0 spiro atoms. The molecule has 0 fully saturated rings. The molecule has 4 rings (SSSR count). The molecule has 2 heterocycles. The maximum absolute atomic E-state index is 13.4. The molecule has 0 aliphatic carbocycles. The van der Waals surface area contributed by atoms with Gasteiger partial charge in [0.25, 0.3) is 5.56 Å². The molecule has 30 heavy (non-hydrogen) atoms. The predicted octanol–water partition coefficient (Wildman–Crippen LogP) is 3.40.